The van der Waals surface area contributed by atoms with Crippen LogP contribution >= 0.6 is 0 Å². The maximum atomic E-state index is 12.3. The van der Waals surface area contributed by atoms with E-state index < -0.39 is 16.2 Å². The van der Waals surface area contributed by atoms with Gasteiger partial charge in [-0.2, -0.15) is 12.7 Å². The van der Waals surface area contributed by atoms with E-state index in [0.29, 0.717) is 18.7 Å². The molecule has 0 saturated carbocycles. The minimum absolute atomic E-state index is 0.0365. The van der Waals surface area contributed by atoms with E-state index in [1.165, 1.54) is 10.4 Å². The Hall–Kier alpha value is -1.60. The van der Waals surface area contributed by atoms with Gasteiger partial charge in [0.2, 0.25) is 0 Å². The molecule has 0 aliphatic carbocycles. The van der Waals surface area contributed by atoms with Crippen molar-refractivity contribution in [2.45, 2.75) is 26.2 Å². The summed E-state index contributed by atoms with van der Waals surface area (Å²) in [6.45, 7) is 2.63. The molecule has 0 unspecified atom stereocenters. The zero-order valence-corrected chi connectivity index (χ0v) is 12.1. The van der Waals surface area contributed by atoms with Gasteiger partial charge in [-0.05, 0) is 31.4 Å². The number of hydrogen-bond acceptors (Lipinski definition) is 3. The molecule has 6 nitrogen and oxygen atoms in total. The van der Waals surface area contributed by atoms with Crippen LogP contribution in [0.4, 0.5) is 5.69 Å². The zero-order chi connectivity index (χ0) is 14.8. The van der Waals surface area contributed by atoms with Crippen LogP contribution in [0.5, 0.6) is 0 Å². The van der Waals surface area contributed by atoms with E-state index in [2.05, 4.69) is 4.72 Å². The van der Waals surface area contributed by atoms with E-state index in [1.54, 1.807) is 19.1 Å². The molecule has 1 aliphatic rings. The fourth-order valence-corrected chi connectivity index (χ4v) is 3.68. The molecule has 1 fully saturated rings. The molecule has 110 valence electrons. The molecule has 0 atom stereocenters. The van der Waals surface area contributed by atoms with Crippen molar-refractivity contribution in [3.63, 3.8) is 0 Å². The van der Waals surface area contributed by atoms with Gasteiger partial charge in [0, 0.05) is 13.1 Å². The summed E-state index contributed by atoms with van der Waals surface area (Å²) in [6.07, 6.45) is 2.69. The van der Waals surface area contributed by atoms with E-state index >= 15 is 0 Å². The molecule has 1 saturated heterocycles. The van der Waals surface area contributed by atoms with Crippen LogP contribution in [-0.2, 0) is 10.2 Å². The molecular weight excluding hydrogens is 280 g/mol. The van der Waals surface area contributed by atoms with Gasteiger partial charge in [0.05, 0.1) is 11.3 Å². The van der Waals surface area contributed by atoms with E-state index in [9.17, 15) is 13.2 Å². The van der Waals surface area contributed by atoms with Crippen LogP contribution in [0.2, 0.25) is 0 Å². The quantitative estimate of drug-likeness (QED) is 0.888. The van der Waals surface area contributed by atoms with Gasteiger partial charge in [0.1, 0.15) is 0 Å². The predicted octanol–water partition coefficient (Wildman–Crippen LogP) is 1.84. The van der Waals surface area contributed by atoms with Crippen molar-refractivity contribution in [3.05, 3.63) is 29.3 Å². The standard InChI is InChI=1S/C13H18N2O4S/c1-10-6-5-7-11(13(16)17)12(10)14-20(18,19)15-8-3-2-4-9-15/h5-7,14H,2-4,8-9H2,1H3,(H,16,17). The number of nitrogens with one attached hydrogen (secondary N) is 1. The number of anilines is 1. The number of aromatic carboxylic acids is 1. The number of hydrogen-bond donors (Lipinski definition) is 2. The Balaban J connectivity index is 2.31. The monoisotopic (exact) mass is 298 g/mol. The molecular formula is C13H18N2O4S. The number of aryl methyl sites for hydroxylation is 1. The Bertz CT molecular complexity index is 607. The largest absolute Gasteiger partial charge is 0.478 e. The minimum Gasteiger partial charge on any atom is -0.478 e. The summed E-state index contributed by atoms with van der Waals surface area (Å²) >= 11 is 0. The first-order valence-corrected chi connectivity index (χ1v) is 7.96. The molecule has 1 aromatic carbocycles. The van der Waals surface area contributed by atoms with Gasteiger partial charge in [-0.1, -0.05) is 18.6 Å². The Kier molecular flexibility index (Phi) is 4.29. The Morgan fingerprint density at radius 2 is 1.90 bits per heavy atom. The number of carboxylic acid groups (broad SMARTS) is 1. The summed E-state index contributed by atoms with van der Waals surface area (Å²) in [5.41, 5.74) is 0.696. The van der Waals surface area contributed by atoms with E-state index in [1.807, 2.05) is 0 Å². The summed E-state index contributed by atoms with van der Waals surface area (Å²) in [5, 5.41) is 9.15. The van der Waals surface area contributed by atoms with E-state index in [-0.39, 0.29) is 11.3 Å². The zero-order valence-electron chi connectivity index (χ0n) is 11.3. The lowest BCUT2D eigenvalue weighted by Gasteiger charge is -2.27. The average Bonchev–Trinajstić information content (AvgIpc) is 2.41. The Labute approximate surface area is 118 Å². The second-order valence-corrected chi connectivity index (χ2v) is 6.54. The van der Waals surface area contributed by atoms with Crippen LogP contribution in [0, 0.1) is 6.92 Å². The van der Waals surface area contributed by atoms with Crippen molar-refractivity contribution in [3.8, 4) is 0 Å². The Morgan fingerprint density at radius 1 is 1.25 bits per heavy atom. The van der Waals surface area contributed by atoms with Gasteiger partial charge in [0.15, 0.2) is 0 Å². The van der Waals surface area contributed by atoms with Crippen molar-refractivity contribution in [1.29, 1.82) is 0 Å². The van der Waals surface area contributed by atoms with Gasteiger partial charge in [0.25, 0.3) is 0 Å². The third kappa shape index (κ3) is 3.10. The molecule has 2 N–H and O–H groups in total. The number of para-hydroxylation sites is 1. The smallest absolute Gasteiger partial charge is 0.337 e. The number of benzene rings is 1. The van der Waals surface area contributed by atoms with Crippen LogP contribution in [0.15, 0.2) is 18.2 Å². The number of nitrogens with zero attached hydrogens (tertiary/aromatic N) is 1. The van der Waals surface area contributed by atoms with Crippen LogP contribution in [0.3, 0.4) is 0 Å². The molecule has 0 spiro atoms. The van der Waals surface area contributed by atoms with Gasteiger partial charge >= 0.3 is 16.2 Å². The number of carbonyl (C=O) groups is 1. The third-order valence-corrected chi connectivity index (χ3v) is 4.90. The highest BCUT2D eigenvalue weighted by Gasteiger charge is 2.26. The molecule has 1 aromatic rings. The lowest BCUT2D eigenvalue weighted by Crippen LogP contribution is -2.39. The van der Waals surface area contributed by atoms with E-state index in [0.717, 1.165) is 19.3 Å². The highest BCUT2D eigenvalue weighted by molar-refractivity contribution is 7.90. The maximum Gasteiger partial charge on any atom is 0.337 e. The van der Waals surface area contributed by atoms with Crippen molar-refractivity contribution in [2.24, 2.45) is 0 Å². The lowest BCUT2D eigenvalue weighted by atomic mass is 10.1. The number of carboxylic acids is 1. The number of piperidine rings is 1. The summed E-state index contributed by atoms with van der Waals surface area (Å²) in [6, 6.07) is 4.67. The summed E-state index contributed by atoms with van der Waals surface area (Å²) in [4.78, 5) is 11.2. The van der Waals surface area contributed by atoms with E-state index in [4.69, 9.17) is 5.11 Å². The van der Waals surface area contributed by atoms with Crippen molar-refractivity contribution < 1.29 is 18.3 Å². The van der Waals surface area contributed by atoms with Crippen molar-refractivity contribution >= 4 is 21.9 Å². The maximum absolute atomic E-state index is 12.3. The summed E-state index contributed by atoms with van der Waals surface area (Å²) < 4.78 is 28.4. The summed E-state index contributed by atoms with van der Waals surface area (Å²) in [7, 11) is -3.69. The third-order valence-electron chi connectivity index (χ3n) is 3.39. The molecule has 0 amide bonds. The fourth-order valence-electron chi connectivity index (χ4n) is 2.28. The van der Waals surface area contributed by atoms with Crippen LogP contribution in [0.1, 0.15) is 35.2 Å². The first kappa shape index (κ1) is 14.8. The fraction of sp³-hybridized carbons (Fsp3) is 0.462. The average molecular weight is 298 g/mol. The molecule has 20 heavy (non-hydrogen) atoms. The topological polar surface area (TPSA) is 86.7 Å². The second kappa shape index (κ2) is 5.80. The minimum atomic E-state index is -3.69. The van der Waals surface area contributed by atoms with Gasteiger partial charge in [-0.3, -0.25) is 4.72 Å². The predicted molar refractivity (Wildman–Crippen MR) is 76.1 cm³/mol. The van der Waals surface area contributed by atoms with Gasteiger partial charge in [-0.15, -0.1) is 0 Å². The van der Waals surface area contributed by atoms with Crippen molar-refractivity contribution in [2.75, 3.05) is 17.8 Å². The Morgan fingerprint density at radius 3 is 2.50 bits per heavy atom. The molecule has 0 aromatic heterocycles. The van der Waals surface area contributed by atoms with Crippen LogP contribution in [0.25, 0.3) is 0 Å². The van der Waals surface area contributed by atoms with Gasteiger partial charge in [-0.25, -0.2) is 4.79 Å². The van der Waals surface area contributed by atoms with Crippen LogP contribution in [-0.4, -0.2) is 36.9 Å². The lowest BCUT2D eigenvalue weighted by molar-refractivity contribution is 0.0698. The van der Waals surface area contributed by atoms with Crippen molar-refractivity contribution in [1.82, 2.24) is 4.31 Å². The normalized spacial score (nSPS) is 16.9. The first-order chi connectivity index (χ1) is 9.42. The highest BCUT2D eigenvalue weighted by Crippen LogP contribution is 2.24. The molecule has 1 aliphatic heterocycles. The summed E-state index contributed by atoms with van der Waals surface area (Å²) in [5.74, 6) is -1.15. The highest BCUT2D eigenvalue weighted by atomic mass is 32.2. The molecule has 7 heteroatoms. The molecule has 2 rings (SSSR count). The van der Waals surface area contributed by atoms with Gasteiger partial charge < -0.3 is 5.11 Å². The number of rotatable bonds is 4. The SMILES string of the molecule is Cc1cccc(C(=O)O)c1NS(=O)(=O)N1CCCCC1. The first-order valence-electron chi connectivity index (χ1n) is 6.52. The molecule has 0 bridgehead atoms. The van der Waals surface area contributed by atoms with Crippen LogP contribution < -0.4 is 4.72 Å². The molecule has 1 heterocycles. The second-order valence-electron chi connectivity index (χ2n) is 4.87. The molecule has 0 radical (unpaired) electrons.